The Balaban J connectivity index is 2.50. The van der Waals surface area contributed by atoms with Gasteiger partial charge in [-0.3, -0.25) is 4.31 Å². The van der Waals surface area contributed by atoms with Crippen LogP contribution in [0.2, 0.25) is 0 Å². The number of hydrogen-bond acceptors (Lipinski definition) is 3. The molecule has 0 aliphatic carbocycles. The van der Waals surface area contributed by atoms with Gasteiger partial charge in [0.25, 0.3) is 10.0 Å². The molecule has 0 fully saturated rings. The van der Waals surface area contributed by atoms with Crippen molar-refractivity contribution in [2.24, 2.45) is 0 Å². The predicted molar refractivity (Wildman–Crippen MR) is 82.7 cm³/mol. The maximum absolute atomic E-state index is 12.6. The van der Waals surface area contributed by atoms with Gasteiger partial charge in [0.05, 0.1) is 22.2 Å². The fraction of sp³-hybridized carbons (Fsp3) is 0.188. The van der Waals surface area contributed by atoms with Crippen LogP contribution in [0.15, 0.2) is 47.4 Å². The lowest BCUT2D eigenvalue weighted by atomic mass is 10.1. The van der Waals surface area contributed by atoms with Crippen molar-refractivity contribution in [3.05, 3.63) is 59.2 Å². The summed E-state index contributed by atoms with van der Waals surface area (Å²) in [6.07, 6.45) is 0. The number of sulfonamides is 1. The van der Waals surface area contributed by atoms with Gasteiger partial charge in [0.2, 0.25) is 0 Å². The van der Waals surface area contributed by atoms with Gasteiger partial charge in [0.15, 0.2) is 0 Å². The predicted octanol–water partition coefficient (Wildman–Crippen LogP) is 3.00. The summed E-state index contributed by atoms with van der Waals surface area (Å²) >= 11 is 0. The van der Waals surface area contributed by atoms with E-state index in [-0.39, 0.29) is 4.90 Å². The van der Waals surface area contributed by atoms with Crippen LogP contribution in [0.4, 0.5) is 5.69 Å². The zero-order valence-electron chi connectivity index (χ0n) is 12.2. The molecule has 0 heterocycles. The molecule has 0 aliphatic heterocycles. The highest BCUT2D eigenvalue weighted by atomic mass is 32.2. The second-order valence-corrected chi connectivity index (χ2v) is 6.93. The maximum Gasteiger partial charge on any atom is 0.264 e. The van der Waals surface area contributed by atoms with Gasteiger partial charge < -0.3 is 0 Å². The minimum absolute atomic E-state index is 0.114. The van der Waals surface area contributed by atoms with E-state index in [2.05, 4.69) is 0 Å². The molecular weight excluding hydrogens is 284 g/mol. The summed E-state index contributed by atoms with van der Waals surface area (Å²) in [5, 5.41) is 8.90. The van der Waals surface area contributed by atoms with Crippen LogP contribution in [-0.2, 0) is 10.0 Å². The van der Waals surface area contributed by atoms with Crippen molar-refractivity contribution >= 4 is 15.7 Å². The molecule has 2 rings (SSSR count). The molecule has 0 saturated carbocycles. The number of nitriles is 1. The summed E-state index contributed by atoms with van der Waals surface area (Å²) in [4.78, 5) is 0.114. The van der Waals surface area contributed by atoms with Crippen molar-refractivity contribution in [1.82, 2.24) is 0 Å². The van der Waals surface area contributed by atoms with Gasteiger partial charge in [-0.15, -0.1) is 0 Å². The number of nitrogens with zero attached hydrogens (tertiary/aromatic N) is 2. The topological polar surface area (TPSA) is 61.2 Å². The Morgan fingerprint density at radius 2 is 1.67 bits per heavy atom. The highest BCUT2D eigenvalue weighted by Gasteiger charge is 2.21. The van der Waals surface area contributed by atoms with Crippen molar-refractivity contribution in [3.63, 3.8) is 0 Å². The Bertz CT molecular complexity index is 800. The molecule has 108 valence electrons. The largest absolute Gasteiger partial charge is 0.269 e. The summed E-state index contributed by atoms with van der Waals surface area (Å²) in [5.74, 6) is 0. The number of hydrogen-bond donors (Lipinski definition) is 0. The average Bonchev–Trinajstić information content (AvgIpc) is 2.45. The van der Waals surface area contributed by atoms with E-state index in [1.165, 1.54) is 23.5 Å². The minimum atomic E-state index is -3.68. The van der Waals surface area contributed by atoms with Crippen LogP contribution in [0.1, 0.15) is 16.7 Å². The van der Waals surface area contributed by atoms with Gasteiger partial charge in [-0.2, -0.15) is 5.26 Å². The molecular formula is C16H16N2O2S. The molecule has 0 radical (unpaired) electrons. The van der Waals surface area contributed by atoms with Crippen molar-refractivity contribution in [1.29, 1.82) is 5.26 Å². The van der Waals surface area contributed by atoms with Crippen molar-refractivity contribution < 1.29 is 8.42 Å². The van der Waals surface area contributed by atoms with E-state index < -0.39 is 10.0 Å². The number of rotatable bonds is 3. The molecule has 2 aromatic carbocycles. The van der Waals surface area contributed by atoms with Crippen LogP contribution in [0.25, 0.3) is 0 Å². The van der Waals surface area contributed by atoms with Gasteiger partial charge in [-0.1, -0.05) is 12.1 Å². The molecule has 0 atom stereocenters. The second-order valence-electron chi connectivity index (χ2n) is 4.96. The van der Waals surface area contributed by atoms with Gasteiger partial charge in [0, 0.05) is 7.05 Å². The summed E-state index contributed by atoms with van der Waals surface area (Å²) in [6, 6.07) is 13.6. The number of aryl methyl sites for hydroxylation is 2. The molecule has 2 aromatic rings. The monoisotopic (exact) mass is 300 g/mol. The van der Waals surface area contributed by atoms with Crippen molar-refractivity contribution in [3.8, 4) is 6.07 Å². The lowest BCUT2D eigenvalue weighted by Crippen LogP contribution is -2.26. The Hall–Kier alpha value is -2.32. The molecule has 0 N–H and O–H groups in total. The van der Waals surface area contributed by atoms with E-state index in [9.17, 15) is 8.42 Å². The van der Waals surface area contributed by atoms with E-state index in [0.29, 0.717) is 11.3 Å². The summed E-state index contributed by atoms with van der Waals surface area (Å²) in [7, 11) is -2.16. The molecule has 0 spiro atoms. The first-order valence-corrected chi connectivity index (χ1v) is 7.86. The first-order chi connectivity index (χ1) is 9.84. The van der Waals surface area contributed by atoms with Crippen LogP contribution in [-0.4, -0.2) is 15.5 Å². The van der Waals surface area contributed by atoms with Crippen LogP contribution in [0.3, 0.4) is 0 Å². The second kappa shape index (κ2) is 5.58. The maximum atomic E-state index is 12.6. The van der Waals surface area contributed by atoms with E-state index >= 15 is 0 Å². The van der Waals surface area contributed by atoms with Crippen LogP contribution < -0.4 is 4.31 Å². The standard InChI is InChI=1S/C16H16N2O2S/c1-12-7-13(2)9-15(8-12)18(3)21(19,20)16-6-4-5-14(10-16)11-17/h4-10H,1-3H3. The van der Waals surface area contributed by atoms with Crippen molar-refractivity contribution in [2.45, 2.75) is 18.7 Å². The molecule has 5 heteroatoms. The summed E-state index contributed by atoms with van der Waals surface area (Å²) < 4.78 is 26.5. The smallest absolute Gasteiger partial charge is 0.264 e. The first-order valence-electron chi connectivity index (χ1n) is 6.42. The normalized spacial score (nSPS) is 11.0. The minimum Gasteiger partial charge on any atom is -0.269 e. The zero-order chi connectivity index (χ0) is 15.6. The van der Waals surface area contributed by atoms with Gasteiger partial charge >= 0.3 is 0 Å². The lowest BCUT2D eigenvalue weighted by molar-refractivity contribution is 0.594. The molecule has 0 saturated heterocycles. The fourth-order valence-corrected chi connectivity index (χ4v) is 3.38. The van der Waals surface area contributed by atoms with Gasteiger partial charge in [0.1, 0.15) is 0 Å². The van der Waals surface area contributed by atoms with E-state index in [0.717, 1.165) is 11.1 Å². The molecule has 0 bridgehead atoms. The molecule has 0 unspecified atom stereocenters. The SMILES string of the molecule is Cc1cc(C)cc(N(C)S(=O)(=O)c2cccc(C#N)c2)c1. The van der Waals surface area contributed by atoms with Crippen LogP contribution in [0, 0.1) is 25.2 Å². The fourth-order valence-electron chi connectivity index (χ4n) is 2.16. The molecule has 4 nitrogen and oxygen atoms in total. The third-order valence-corrected chi connectivity index (χ3v) is 4.97. The Morgan fingerprint density at radius 1 is 1.05 bits per heavy atom. The summed E-state index contributed by atoms with van der Waals surface area (Å²) in [5.41, 5.74) is 2.93. The van der Waals surface area contributed by atoms with Crippen LogP contribution >= 0.6 is 0 Å². The molecule has 0 aromatic heterocycles. The van der Waals surface area contributed by atoms with Crippen LogP contribution in [0.5, 0.6) is 0 Å². The lowest BCUT2D eigenvalue weighted by Gasteiger charge is -2.20. The first kappa shape index (κ1) is 15.1. The highest BCUT2D eigenvalue weighted by Crippen LogP contribution is 2.24. The Morgan fingerprint density at radius 3 is 2.24 bits per heavy atom. The van der Waals surface area contributed by atoms with E-state index in [4.69, 9.17) is 5.26 Å². The average molecular weight is 300 g/mol. The molecule has 0 amide bonds. The number of anilines is 1. The number of benzene rings is 2. The molecule has 0 aliphatic rings. The van der Waals surface area contributed by atoms with Gasteiger partial charge in [-0.05, 0) is 55.3 Å². The van der Waals surface area contributed by atoms with Gasteiger partial charge in [-0.25, -0.2) is 8.42 Å². The Labute approximate surface area is 125 Å². The van der Waals surface area contributed by atoms with Crippen molar-refractivity contribution in [2.75, 3.05) is 11.4 Å². The molecule has 21 heavy (non-hydrogen) atoms. The Kier molecular flexibility index (Phi) is 4.01. The quantitative estimate of drug-likeness (QED) is 0.875. The van der Waals surface area contributed by atoms with E-state index in [1.807, 2.05) is 38.1 Å². The highest BCUT2D eigenvalue weighted by molar-refractivity contribution is 7.92. The third-order valence-electron chi connectivity index (χ3n) is 3.19. The zero-order valence-corrected chi connectivity index (χ0v) is 13.0. The third kappa shape index (κ3) is 3.06. The van der Waals surface area contributed by atoms with E-state index in [1.54, 1.807) is 12.1 Å². The summed E-state index contributed by atoms with van der Waals surface area (Å²) in [6.45, 7) is 3.85.